The second-order valence-corrected chi connectivity index (χ2v) is 6.47. The van der Waals surface area contributed by atoms with Crippen LogP contribution in [0.3, 0.4) is 0 Å². The van der Waals surface area contributed by atoms with Crippen LogP contribution in [0, 0.1) is 5.92 Å². The Kier molecular flexibility index (Phi) is 5.15. The van der Waals surface area contributed by atoms with Crippen LogP contribution in [0.5, 0.6) is 5.75 Å². The highest BCUT2D eigenvalue weighted by Crippen LogP contribution is 2.26. The molecule has 0 aliphatic carbocycles. The van der Waals surface area contributed by atoms with Crippen LogP contribution in [-0.4, -0.2) is 44.7 Å². The van der Waals surface area contributed by atoms with Crippen molar-refractivity contribution in [1.82, 2.24) is 10.2 Å². The van der Waals surface area contributed by atoms with Gasteiger partial charge in [0.05, 0.1) is 6.61 Å². The Morgan fingerprint density at radius 1 is 1.29 bits per heavy atom. The van der Waals surface area contributed by atoms with Crippen molar-refractivity contribution < 1.29 is 4.74 Å². The van der Waals surface area contributed by atoms with Gasteiger partial charge in [-0.2, -0.15) is 0 Å². The third-order valence-corrected chi connectivity index (χ3v) is 4.98. The van der Waals surface area contributed by atoms with Crippen LogP contribution in [0.2, 0.25) is 0 Å². The SMILES string of the molecule is CNCCC1CCN(CCc2ccc3c(c2)CCO3)CC1. The molecule has 3 heteroatoms. The summed E-state index contributed by atoms with van der Waals surface area (Å²) in [5, 5.41) is 3.27. The lowest BCUT2D eigenvalue weighted by Crippen LogP contribution is -2.35. The number of likely N-dealkylation sites (tertiary alicyclic amines) is 1. The molecular formula is C18H28N2O. The molecule has 1 aromatic carbocycles. The third kappa shape index (κ3) is 3.98. The summed E-state index contributed by atoms with van der Waals surface area (Å²) >= 11 is 0. The van der Waals surface area contributed by atoms with Gasteiger partial charge in [-0.25, -0.2) is 0 Å². The molecule has 21 heavy (non-hydrogen) atoms. The Bertz CT molecular complexity index is 453. The summed E-state index contributed by atoms with van der Waals surface area (Å²) < 4.78 is 5.58. The van der Waals surface area contributed by atoms with E-state index in [1.54, 1.807) is 0 Å². The normalized spacial score (nSPS) is 19.5. The van der Waals surface area contributed by atoms with Gasteiger partial charge in [-0.1, -0.05) is 12.1 Å². The summed E-state index contributed by atoms with van der Waals surface area (Å²) in [7, 11) is 2.05. The molecule has 3 rings (SSSR count). The number of rotatable bonds is 6. The van der Waals surface area contributed by atoms with Crippen molar-refractivity contribution in [2.45, 2.75) is 32.1 Å². The molecule has 0 spiro atoms. The van der Waals surface area contributed by atoms with Gasteiger partial charge in [-0.05, 0) is 75.5 Å². The van der Waals surface area contributed by atoms with E-state index in [-0.39, 0.29) is 0 Å². The second-order valence-electron chi connectivity index (χ2n) is 6.47. The van der Waals surface area contributed by atoms with Crippen molar-refractivity contribution in [1.29, 1.82) is 0 Å². The number of fused-ring (bicyclic) bond motifs is 1. The van der Waals surface area contributed by atoms with Gasteiger partial charge in [0, 0.05) is 13.0 Å². The van der Waals surface area contributed by atoms with E-state index in [4.69, 9.17) is 4.74 Å². The zero-order valence-electron chi connectivity index (χ0n) is 13.2. The maximum absolute atomic E-state index is 5.58. The number of hydrogen-bond donors (Lipinski definition) is 1. The van der Waals surface area contributed by atoms with E-state index in [1.165, 1.54) is 63.0 Å². The van der Waals surface area contributed by atoms with Gasteiger partial charge in [0.25, 0.3) is 0 Å². The van der Waals surface area contributed by atoms with Crippen LogP contribution >= 0.6 is 0 Å². The first kappa shape index (κ1) is 14.9. The minimum atomic E-state index is 0.860. The molecule has 0 bridgehead atoms. The lowest BCUT2D eigenvalue weighted by Gasteiger charge is -2.32. The van der Waals surface area contributed by atoms with Crippen LogP contribution < -0.4 is 10.1 Å². The van der Waals surface area contributed by atoms with Crippen molar-refractivity contribution in [2.75, 3.05) is 39.8 Å². The average Bonchev–Trinajstić information content (AvgIpc) is 2.99. The monoisotopic (exact) mass is 288 g/mol. The topological polar surface area (TPSA) is 24.5 Å². The smallest absolute Gasteiger partial charge is 0.122 e. The fourth-order valence-corrected chi connectivity index (χ4v) is 3.53. The van der Waals surface area contributed by atoms with Gasteiger partial charge in [-0.15, -0.1) is 0 Å². The molecule has 116 valence electrons. The van der Waals surface area contributed by atoms with Crippen molar-refractivity contribution in [3.05, 3.63) is 29.3 Å². The van der Waals surface area contributed by atoms with E-state index in [1.807, 2.05) is 0 Å². The first-order valence-corrected chi connectivity index (χ1v) is 8.46. The van der Waals surface area contributed by atoms with E-state index in [0.29, 0.717) is 0 Å². The Balaban J connectivity index is 1.42. The molecule has 2 heterocycles. The first-order chi connectivity index (χ1) is 10.3. The largest absolute Gasteiger partial charge is 0.493 e. The van der Waals surface area contributed by atoms with Crippen LogP contribution in [0.4, 0.5) is 0 Å². The standard InChI is InChI=1S/C18H28N2O/c1-19-9-4-15-5-10-20(11-6-15)12-7-16-2-3-18-17(14-16)8-13-21-18/h2-3,14-15,19H,4-13H2,1H3. The number of benzene rings is 1. The highest BCUT2D eigenvalue weighted by Gasteiger charge is 2.18. The van der Waals surface area contributed by atoms with Gasteiger partial charge in [-0.3, -0.25) is 0 Å². The van der Waals surface area contributed by atoms with Gasteiger partial charge >= 0.3 is 0 Å². The minimum absolute atomic E-state index is 0.860. The molecule has 1 saturated heterocycles. The number of ether oxygens (including phenoxy) is 1. The maximum Gasteiger partial charge on any atom is 0.122 e. The van der Waals surface area contributed by atoms with Gasteiger partial charge < -0.3 is 15.0 Å². The van der Waals surface area contributed by atoms with Crippen LogP contribution in [0.1, 0.15) is 30.4 Å². The number of nitrogens with zero attached hydrogens (tertiary/aromatic N) is 1. The molecule has 0 aromatic heterocycles. The molecule has 3 nitrogen and oxygen atoms in total. The van der Waals surface area contributed by atoms with Crippen molar-refractivity contribution in [3.63, 3.8) is 0 Å². The highest BCUT2D eigenvalue weighted by atomic mass is 16.5. The first-order valence-electron chi connectivity index (χ1n) is 8.46. The fraction of sp³-hybridized carbons (Fsp3) is 0.667. The van der Waals surface area contributed by atoms with Crippen molar-refractivity contribution >= 4 is 0 Å². The summed E-state index contributed by atoms with van der Waals surface area (Å²) in [6.07, 6.45) is 6.35. The lowest BCUT2D eigenvalue weighted by atomic mass is 9.93. The zero-order chi connectivity index (χ0) is 14.5. The predicted octanol–water partition coefficient (Wildman–Crippen LogP) is 2.49. The van der Waals surface area contributed by atoms with E-state index in [2.05, 4.69) is 35.5 Å². The zero-order valence-corrected chi connectivity index (χ0v) is 13.2. The Hall–Kier alpha value is -1.06. The van der Waals surface area contributed by atoms with E-state index >= 15 is 0 Å². The summed E-state index contributed by atoms with van der Waals surface area (Å²) in [5.74, 6) is 2.04. The second kappa shape index (κ2) is 7.28. The van der Waals surface area contributed by atoms with E-state index in [0.717, 1.165) is 24.7 Å². The summed E-state index contributed by atoms with van der Waals surface area (Å²) in [5.41, 5.74) is 2.87. The Labute approximate surface area is 128 Å². The van der Waals surface area contributed by atoms with Gasteiger partial charge in [0.15, 0.2) is 0 Å². The molecule has 0 saturated carbocycles. The molecule has 2 aliphatic rings. The quantitative estimate of drug-likeness (QED) is 0.870. The molecule has 1 N–H and O–H groups in total. The molecule has 1 aromatic rings. The molecule has 0 amide bonds. The number of piperidine rings is 1. The minimum Gasteiger partial charge on any atom is -0.493 e. The molecule has 0 unspecified atom stereocenters. The average molecular weight is 288 g/mol. The molecule has 1 fully saturated rings. The van der Waals surface area contributed by atoms with Crippen LogP contribution in [0.15, 0.2) is 18.2 Å². The fourth-order valence-electron chi connectivity index (χ4n) is 3.53. The van der Waals surface area contributed by atoms with Crippen molar-refractivity contribution in [2.24, 2.45) is 5.92 Å². The summed E-state index contributed by atoms with van der Waals surface area (Å²) in [4.78, 5) is 2.64. The molecule has 0 radical (unpaired) electrons. The summed E-state index contributed by atoms with van der Waals surface area (Å²) in [6, 6.07) is 6.74. The highest BCUT2D eigenvalue weighted by molar-refractivity contribution is 5.39. The maximum atomic E-state index is 5.58. The van der Waals surface area contributed by atoms with Crippen LogP contribution in [0.25, 0.3) is 0 Å². The van der Waals surface area contributed by atoms with E-state index in [9.17, 15) is 0 Å². The molecular weight excluding hydrogens is 260 g/mol. The van der Waals surface area contributed by atoms with Gasteiger partial charge in [0.2, 0.25) is 0 Å². The van der Waals surface area contributed by atoms with Gasteiger partial charge in [0.1, 0.15) is 5.75 Å². The third-order valence-electron chi connectivity index (χ3n) is 4.98. The predicted molar refractivity (Wildman–Crippen MR) is 87.1 cm³/mol. The Morgan fingerprint density at radius 2 is 2.14 bits per heavy atom. The Morgan fingerprint density at radius 3 is 2.95 bits per heavy atom. The number of nitrogens with one attached hydrogen (secondary N) is 1. The molecule has 0 atom stereocenters. The van der Waals surface area contributed by atoms with E-state index < -0.39 is 0 Å². The number of hydrogen-bond acceptors (Lipinski definition) is 3. The molecule has 2 aliphatic heterocycles. The lowest BCUT2D eigenvalue weighted by molar-refractivity contribution is 0.181. The summed E-state index contributed by atoms with van der Waals surface area (Å²) in [6.45, 7) is 5.80. The van der Waals surface area contributed by atoms with Crippen LogP contribution in [-0.2, 0) is 12.8 Å². The van der Waals surface area contributed by atoms with Crippen molar-refractivity contribution in [3.8, 4) is 5.75 Å².